The second-order valence-electron chi connectivity index (χ2n) is 3.76. The first-order valence-corrected chi connectivity index (χ1v) is 6.41. The van der Waals surface area contributed by atoms with Gasteiger partial charge in [-0.15, -0.1) is 0 Å². The number of hydrogen-bond donors (Lipinski definition) is 0. The van der Waals surface area contributed by atoms with Crippen LogP contribution in [0.15, 0.2) is 0 Å². The molecule has 3 heteroatoms. The zero-order valence-electron chi connectivity index (χ0n) is 10.1. The van der Waals surface area contributed by atoms with Gasteiger partial charge >= 0.3 is 0 Å². The Morgan fingerprint density at radius 3 is 1.93 bits per heavy atom. The fourth-order valence-electron chi connectivity index (χ4n) is 0.912. The van der Waals surface area contributed by atoms with E-state index in [9.17, 15) is 0 Å². The number of ether oxygens (including phenoxy) is 2. The summed E-state index contributed by atoms with van der Waals surface area (Å²) >= 11 is 1.92. The van der Waals surface area contributed by atoms with Crippen LogP contribution < -0.4 is 0 Å². The Labute approximate surface area is 92.7 Å². The van der Waals surface area contributed by atoms with Crippen molar-refractivity contribution in [3.8, 4) is 0 Å². The van der Waals surface area contributed by atoms with Crippen LogP contribution >= 0.6 is 11.8 Å². The third kappa shape index (κ3) is 6.68. The van der Waals surface area contributed by atoms with Crippen LogP contribution in [0.5, 0.6) is 0 Å². The van der Waals surface area contributed by atoms with E-state index in [2.05, 4.69) is 20.8 Å². The minimum atomic E-state index is -0.0409. The van der Waals surface area contributed by atoms with Crippen LogP contribution in [-0.2, 0) is 9.47 Å². The van der Waals surface area contributed by atoms with Crippen LogP contribution in [0.4, 0.5) is 0 Å². The molecule has 0 aromatic heterocycles. The lowest BCUT2D eigenvalue weighted by Crippen LogP contribution is -2.24. The predicted molar refractivity (Wildman–Crippen MR) is 63.9 cm³/mol. The van der Waals surface area contributed by atoms with E-state index in [-0.39, 0.29) is 6.29 Å². The first-order valence-electron chi connectivity index (χ1n) is 5.42. The smallest absolute Gasteiger partial charge is 0.166 e. The van der Waals surface area contributed by atoms with E-state index in [0.717, 1.165) is 19.0 Å². The molecule has 86 valence electrons. The van der Waals surface area contributed by atoms with Crippen molar-refractivity contribution in [1.82, 2.24) is 0 Å². The number of hydrogen-bond acceptors (Lipinski definition) is 3. The molecular formula is C11H24O2S. The standard InChI is InChI=1S/C11H24O2S/c1-6-11(4,5)14-9-10(12-7-2)13-8-3/h10H,6-9H2,1-5H3. The van der Waals surface area contributed by atoms with E-state index in [1.165, 1.54) is 6.42 Å². The topological polar surface area (TPSA) is 18.5 Å². The summed E-state index contributed by atoms with van der Waals surface area (Å²) in [6, 6.07) is 0. The van der Waals surface area contributed by atoms with Crippen LogP contribution in [0.1, 0.15) is 41.0 Å². The number of thioether (sulfide) groups is 1. The Hall–Kier alpha value is 0.270. The van der Waals surface area contributed by atoms with Crippen molar-refractivity contribution < 1.29 is 9.47 Å². The third-order valence-corrected chi connectivity index (χ3v) is 3.68. The highest BCUT2D eigenvalue weighted by Crippen LogP contribution is 2.28. The van der Waals surface area contributed by atoms with Crippen LogP contribution in [0, 0.1) is 0 Å². The molecule has 0 N–H and O–H groups in total. The minimum absolute atomic E-state index is 0.0409. The van der Waals surface area contributed by atoms with Crippen LogP contribution in [-0.4, -0.2) is 30.0 Å². The second kappa shape index (κ2) is 7.55. The lowest BCUT2D eigenvalue weighted by atomic mass is 10.1. The summed E-state index contributed by atoms with van der Waals surface area (Å²) in [6.07, 6.45) is 1.13. The quantitative estimate of drug-likeness (QED) is 0.585. The summed E-state index contributed by atoms with van der Waals surface area (Å²) in [4.78, 5) is 0. The zero-order chi connectivity index (χ0) is 11.0. The van der Waals surface area contributed by atoms with Gasteiger partial charge in [-0.1, -0.05) is 20.8 Å². The summed E-state index contributed by atoms with van der Waals surface area (Å²) in [5.74, 6) is 0.919. The Balaban J connectivity index is 3.80. The normalized spacial score (nSPS) is 12.4. The molecule has 0 aliphatic carbocycles. The van der Waals surface area contributed by atoms with Gasteiger partial charge in [0.15, 0.2) is 6.29 Å². The third-order valence-electron chi connectivity index (χ3n) is 2.17. The van der Waals surface area contributed by atoms with Gasteiger partial charge in [0.05, 0.1) is 0 Å². The maximum Gasteiger partial charge on any atom is 0.166 e. The molecule has 0 atom stereocenters. The van der Waals surface area contributed by atoms with Gasteiger partial charge in [0, 0.05) is 23.7 Å². The highest BCUT2D eigenvalue weighted by molar-refractivity contribution is 8.00. The Morgan fingerprint density at radius 1 is 1.07 bits per heavy atom. The molecule has 0 aliphatic heterocycles. The van der Waals surface area contributed by atoms with E-state index in [1.807, 2.05) is 25.6 Å². The average Bonchev–Trinajstić information content (AvgIpc) is 2.15. The van der Waals surface area contributed by atoms with Crippen LogP contribution in [0.2, 0.25) is 0 Å². The van der Waals surface area contributed by atoms with Crippen LogP contribution in [0.3, 0.4) is 0 Å². The molecule has 0 fully saturated rings. The molecule has 0 aliphatic rings. The summed E-state index contributed by atoms with van der Waals surface area (Å²) < 4.78 is 11.3. The molecule has 0 rings (SSSR count). The molecule has 0 aromatic rings. The molecule has 0 heterocycles. The molecule has 0 saturated heterocycles. The van der Waals surface area contributed by atoms with Gasteiger partial charge in [-0.3, -0.25) is 0 Å². The van der Waals surface area contributed by atoms with Crippen molar-refractivity contribution >= 4 is 11.8 Å². The van der Waals surface area contributed by atoms with Crippen molar-refractivity contribution in [2.75, 3.05) is 19.0 Å². The summed E-state index contributed by atoms with van der Waals surface area (Å²) in [5, 5.41) is 0. The maximum absolute atomic E-state index is 5.48. The van der Waals surface area contributed by atoms with Crippen molar-refractivity contribution in [2.45, 2.75) is 52.1 Å². The van der Waals surface area contributed by atoms with E-state index >= 15 is 0 Å². The summed E-state index contributed by atoms with van der Waals surface area (Å²) in [5.41, 5.74) is 0. The Kier molecular flexibility index (Phi) is 7.69. The van der Waals surface area contributed by atoms with Gasteiger partial charge in [0.1, 0.15) is 0 Å². The molecule has 0 radical (unpaired) electrons. The Morgan fingerprint density at radius 2 is 1.57 bits per heavy atom. The highest BCUT2D eigenvalue weighted by Gasteiger charge is 2.18. The Bertz CT molecular complexity index is 131. The highest BCUT2D eigenvalue weighted by atomic mass is 32.2. The van der Waals surface area contributed by atoms with Gasteiger partial charge in [-0.2, -0.15) is 11.8 Å². The lowest BCUT2D eigenvalue weighted by Gasteiger charge is -2.25. The lowest BCUT2D eigenvalue weighted by molar-refractivity contribution is -0.120. The minimum Gasteiger partial charge on any atom is -0.352 e. The second-order valence-corrected chi connectivity index (χ2v) is 5.49. The molecule has 0 spiro atoms. The van der Waals surface area contributed by atoms with Gasteiger partial charge in [0.25, 0.3) is 0 Å². The molecular weight excluding hydrogens is 196 g/mol. The fourth-order valence-corrected chi connectivity index (χ4v) is 1.90. The van der Waals surface area contributed by atoms with E-state index < -0.39 is 0 Å². The SMILES string of the molecule is CCOC(CSC(C)(C)CC)OCC. The van der Waals surface area contributed by atoms with E-state index in [0.29, 0.717) is 4.75 Å². The van der Waals surface area contributed by atoms with Gasteiger partial charge in [-0.25, -0.2) is 0 Å². The fraction of sp³-hybridized carbons (Fsp3) is 1.00. The molecule has 0 aromatic carbocycles. The molecule has 0 unspecified atom stereocenters. The maximum atomic E-state index is 5.48. The first kappa shape index (κ1) is 14.3. The van der Waals surface area contributed by atoms with Crippen molar-refractivity contribution in [2.24, 2.45) is 0 Å². The van der Waals surface area contributed by atoms with Crippen molar-refractivity contribution in [3.05, 3.63) is 0 Å². The molecule has 0 saturated carbocycles. The predicted octanol–water partition coefficient (Wildman–Crippen LogP) is 3.31. The van der Waals surface area contributed by atoms with Crippen molar-refractivity contribution in [3.63, 3.8) is 0 Å². The molecule has 0 amide bonds. The average molecular weight is 220 g/mol. The number of rotatable bonds is 8. The van der Waals surface area contributed by atoms with E-state index in [1.54, 1.807) is 0 Å². The van der Waals surface area contributed by atoms with E-state index in [4.69, 9.17) is 9.47 Å². The molecule has 0 bridgehead atoms. The van der Waals surface area contributed by atoms with Gasteiger partial charge in [0.2, 0.25) is 0 Å². The molecule has 14 heavy (non-hydrogen) atoms. The van der Waals surface area contributed by atoms with Gasteiger partial charge < -0.3 is 9.47 Å². The monoisotopic (exact) mass is 220 g/mol. The summed E-state index contributed by atoms with van der Waals surface area (Å²) in [7, 11) is 0. The zero-order valence-corrected chi connectivity index (χ0v) is 10.9. The van der Waals surface area contributed by atoms with Gasteiger partial charge in [-0.05, 0) is 20.3 Å². The largest absolute Gasteiger partial charge is 0.352 e. The first-order chi connectivity index (χ1) is 6.55. The summed E-state index contributed by atoms with van der Waals surface area (Å²) in [6.45, 7) is 12.2. The van der Waals surface area contributed by atoms with Crippen LogP contribution in [0.25, 0.3) is 0 Å². The molecule has 2 nitrogen and oxygen atoms in total. The van der Waals surface area contributed by atoms with Crippen molar-refractivity contribution in [1.29, 1.82) is 0 Å².